The van der Waals surface area contributed by atoms with Crippen LogP contribution in [0.15, 0.2) is 18.2 Å². The highest BCUT2D eigenvalue weighted by Crippen LogP contribution is 2.21. The van der Waals surface area contributed by atoms with Crippen molar-refractivity contribution in [2.45, 2.75) is 40.3 Å². The number of benzene rings is 1. The first kappa shape index (κ1) is 16.5. The molecule has 0 saturated heterocycles. The topological polar surface area (TPSA) is 55.6 Å². The van der Waals surface area contributed by atoms with Crippen LogP contribution in [0.1, 0.15) is 43.6 Å². The molecule has 2 N–H and O–H groups in total. The molecule has 1 aromatic carbocycles. The Bertz CT molecular complexity index is 456. The monoisotopic (exact) mass is 278 g/mol. The van der Waals surface area contributed by atoms with Gasteiger partial charge in [-0.2, -0.15) is 0 Å². The fourth-order valence-electron chi connectivity index (χ4n) is 2.25. The van der Waals surface area contributed by atoms with Crippen molar-refractivity contribution < 1.29 is 9.53 Å². The average molecular weight is 278 g/mol. The van der Waals surface area contributed by atoms with E-state index >= 15 is 0 Å². The van der Waals surface area contributed by atoms with Crippen LogP contribution in [0.5, 0.6) is 0 Å². The number of ether oxygens (including phenoxy) is 1. The molecule has 0 unspecified atom stereocenters. The van der Waals surface area contributed by atoms with Crippen molar-refractivity contribution in [3.8, 4) is 0 Å². The van der Waals surface area contributed by atoms with Gasteiger partial charge in [-0.05, 0) is 31.4 Å². The van der Waals surface area contributed by atoms with Crippen molar-refractivity contribution in [1.82, 2.24) is 4.90 Å². The van der Waals surface area contributed by atoms with Crippen molar-refractivity contribution in [2.75, 3.05) is 19.4 Å². The molecule has 0 aromatic heterocycles. The molecule has 4 nitrogen and oxygen atoms in total. The van der Waals surface area contributed by atoms with Gasteiger partial charge in [-0.3, -0.25) is 4.90 Å². The maximum absolute atomic E-state index is 11.9. The molecular weight excluding hydrogens is 252 g/mol. The Morgan fingerprint density at radius 1 is 1.30 bits per heavy atom. The summed E-state index contributed by atoms with van der Waals surface area (Å²) in [4.78, 5) is 14.2. The van der Waals surface area contributed by atoms with Crippen LogP contribution in [-0.4, -0.2) is 30.6 Å². The van der Waals surface area contributed by atoms with E-state index in [2.05, 4.69) is 32.6 Å². The minimum atomic E-state index is -0.369. The number of nitrogens with two attached hydrogens (primary N) is 1. The predicted octanol–water partition coefficient (Wildman–Crippen LogP) is 2.92. The van der Waals surface area contributed by atoms with Gasteiger partial charge in [0.15, 0.2) is 0 Å². The van der Waals surface area contributed by atoms with E-state index in [4.69, 9.17) is 10.5 Å². The summed E-state index contributed by atoms with van der Waals surface area (Å²) in [7, 11) is 1.38. The van der Waals surface area contributed by atoms with Gasteiger partial charge in [-0.15, -0.1) is 0 Å². The molecule has 0 bridgehead atoms. The highest BCUT2D eigenvalue weighted by molar-refractivity contribution is 5.96. The van der Waals surface area contributed by atoms with Crippen LogP contribution in [0.25, 0.3) is 0 Å². The molecule has 20 heavy (non-hydrogen) atoms. The van der Waals surface area contributed by atoms with Crippen molar-refractivity contribution in [3.05, 3.63) is 29.3 Å². The third-order valence-corrected chi connectivity index (χ3v) is 3.28. The molecule has 0 fully saturated rings. The molecule has 0 aliphatic rings. The molecule has 0 saturated carbocycles. The smallest absolute Gasteiger partial charge is 0.340 e. The Balaban J connectivity index is 3.06. The summed E-state index contributed by atoms with van der Waals surface area (Å²) >= 11 is 0. The van der Waals surface area contributed by atoms with Crippen LogP contribution >= 0.6 is 0 Å². The summed E-state index contributed by atoms with van der Waals surface area (Å²) in [5.74, 6) is 0.200. The van der Waals surface area contributed by atoms with Crippen LogP contribution in [0.2, 0.25) is 0 Å². The van der Waals surface area contributed by atoms with E-state index in [1.165, 1.54) is 7.11 Å². The zero-order valence-electron chi connectivity index (χ0n) is 13.1. The molecule has 4 heteroatoms. The van der Waals surface area contributed by atoms with E-state index in [1.54, 1.807) is 6.07 Å². The van der Waals surface area contributed by atoms with Gasteiger partial charge in [0.05, 0.1) is 12.7 Å². The minimum absolute atomic E-state index is 0.369. The van der Waals surface area contributed by atoms with Gasteiger partial charge in [0, 0.05) is 24.8 Å². The van der Waals surface area contributed by atoms with Crippen LogP contribution in [-0.2, 0) is 11.3 Å². The number of carbonyl (C=O) groups excluding carboxylic acids is 1. The number of hydrogen-bond donors (Lipinski definition) is 1. The van der Waals surface area contributed by atoms with Gasteiger partial charge < -0.3 is 10.5 Å². The van der Waals surface area contributed by atoms with E-state index in [0.717, 1.165) is 12.1 Å². The molecule has 1 rings (SSSR count). The van der Waals surface area contributed by atoms with Crippen molar-refractivity contribution in [2.24, 2.45) is 5.92 Å². The normalized spacial score (nSPS) is 11.4. The van der Waals surface area contributed by atoms with Gasteiger partial charge >= 0.3 is 5.97 Å². The lowest BCUT2D eigenvalue weighted by molar-refractivity contribution is 0.0598. The number of rotatable bonds is 6. The third kappa shape index (κ3) is 4.23. The average Bonchev–Trinajstić information content (AvgIpc) is 2.36. The zero-order valence-corrected chi connectivity index (χ0v) is 13.1. The van der Waals surface area contributed by atoms with Gasteiger partial charge in [0.2, 0.25) is 0 Å². The Labute approximate surface area is 121 Å². The van der Waals surface area contributed by atoms with E-state index in [-0.39, 0.29) is 5.97 Å². The van der Waals surface area contributed by atoms with Crippen LogP contribution in [0, 0.1) is 5.92 Å². The Hall–Kier alpha value is -1.55. The van der Waals surface area contributed by atoms with E-state index < -0.39 is 0 Å². The first-order valence-electron chi connectivity index (χ1n) is 7.06. The molecule has 0 aliphatic heterocycles. The molecule has 0 radical (unpaired) electrons. The zero-order chi connectivity index (χ0) is 15.3. The molecule has 112 valence electrons. The molecule has 0 aliphatic carbocycles. The minimum Gasteiger partial charge on any atom is -0.465 e. The summed E-state index contributed by atoms with van der Waals surface area (Å²) in [5.41, 5.74) is 7.82. The summed E-state index contributed by atoms with van der Waals surface area (Å²) in [6.07, 6.45) is 0. The van der Waals surface area contributed by atoms with Gasteiger partial charge in [0.1, 0.15) is 0 Å². The maximum Gasteiger partial charge on any atom is 0.340 e. The molecule has 0 amide bonds. The first-order valence-corrected chi connectivity index (χ1v) is 7.06. The number of esters is 1. The molecule has 0 heterocycles. The second kappa shape index (κ2) is 7.29. The third-order valence-electron chi connectivity index (χ3n) is 3.28. The summed E-state index contributed by atoms with van der Waals surface area (Å²) < 4.78 is 4.84. The maximum atomic E-state index is 11.9. The second-order valence-corrected chi connectivity index (χ2v) is 5.79. The van der Waals surface area contributed by atoms with Crippen molar-refractivity contribution in [1.29, 1.82) is 0 Å². The molecule has 1 aromatic rings. The number of methoxy groups -OCH3 is 1. The lowest BCUT2D eigenvalue weighted by Crippen LogP contribution is -2.34. The van der Waals surface area contributed by atoms with E-state index in [9.17, 15) is 4.79 Å². The largest absolute Gasteiger partial charge is 0.465 e. The number of anilines is 1. The number of nitrogens with zero attached hydrogens (tertiary/aromatic N) is 1. The number of hydrogen-bond acceptors (Lipinski definition) is 4. The Kier molecular flexibility index (Phi) is 6.02. The number of nitrogen functional groups attached to an aromatic ring is 1. The lowest BCUT2D eigenvalue weighted by Gasteiger charge is -2.29. The highest BCUT2D eigenvalue weighted by atomic mass is 16.5. The van der Waals surface area contributed by atoms with Crippen molar-refractivity contribution in [3.63, 3.8) is 0 Å². The predicted molar refractivity (Wildman–Crippen MR) is 82.6 cm³/mol. The van der Waals surface area contributed by atoms with Crippen LogP contribution in [0.3, 0.4) is 0 Å². The Morgan fingerprint density at radius 2 is 1.95 bits per heavy atom. The van der Waals surface area contributed by atoms with Crippen LogP contribution in [0.4, 0.5) is 5.69 Å². The van der Waals surface area contributed by atoms with Crippen LogP contribution < -0.4 is 5.73 Å². The van der Waals surface area contributed by atoms with Gasteiger partial charge in [-0.1, -0.05) is 26.0 Å². The Morgan fingerprint density at radius 3 is 2.45 bits per heavy atom. The van der Waals surface area contributed by atoms with Gasteiger partial charge in [-0.25, -0.2) is 4.79 Å². The summed E-state index contributed by atoms with van der Waals surface area (Å²) in [5, 5.41) is 0. The lowest BCUT2D eigenvalue weighted by atomic mass is 10.0. The number of carbonyl (C=O) groups is 1. The van der Waals surface area contributed by atoms with E-state index in [1.807, 2.05) is 12.1 Å². The SMILES string of the molecule is COC(=O)c1c(N)cccc1CN(CC(C)C)C(C)C. The summed E-state index contributed by atoms with van der Waals surface area (Å²) in [6, 6.07) is 5.96. The van der Waals surface area contributed by atoms with E-state index in [0.29, 0.717) is 29.8 Å². The van der Waals surface area contributed by atoms with Gasteiger partial charge in [0.25, 0.3) is 0 Å². The fraction of sp³-hybridized carbons (Fsp3) is 0.562. The standard InChI is InChI=1S/C16H26N2O2/c1-11(2)9-18(12(3)4)10-13-7-6-8-14(17)15(13)16(19)20-5/h6-8,11-12H,9-10,17H2,1-5H3. The van der Waals surface area contributed by atoms with Crippen molar-refractivity contribution >= 4 is 11.7 Å². The molecular formula is C16H26N2O2. The first-order chi connectivity index (χ1) is 9.36. The second-order valence-electron chi connectivity index (χ2n) is 5.79. The molecule has 0 atom stereocenters. The quantitative estimate of drug-likeness (QED) is 0.642. The summed E-state index contributed by atoms with van der Waals surface area (Å²) in [6.45, 7) is 10.4. The fourth-order valence-corrected chi connectivity index (χ4v) is 2.25. The molecule has 0 spiro atoms. The highest BCUT2D eigenvalue weighted by Gasteiger charge is 2.19.